The molecule has 0 spiro atoms. The highest BCUT2D eigenvalue weighted by Gasteiger charge is 2.36. The lowest BCUT2D eigenvalue weighted by Gasteiger charge is -2.34. The topological polar surface area (TPSA) is 28.2 Å². The van der Waals surface area contributed by atoms with Crippen LogP contribution in [-0.4, -0.2) is 35.1 Å². The van der Waals surface area contributed by atoms with Gasteiger partial charge in [-0.1, -0.05) is 0 Å². The van der Waals surface area contributed by atoms with Gasteiger partial charge in [-0.05, 0) is 59.5 Å². The van der Waals surface area contributed by atoms with Crippen molar-refractivity contribution in [2.24, 2.45) is 0 Å². The van der Waals surface area contributed by atoms with Crippen molar-refractivity contribution in [2.75, 3.05) is 13.1 Å². The average molecular weight is 279 g/mol. The molecule has 3 unspecified atom stereocenters. The third-order valence-corrected chi connectivity index (χ3v) is 5.64. The minimum Gasteiger partial charge on any atom is -0.312 e. The second-order valence-corrected chi connectivity index (χ2v) is 7.41. The monoisotopic (exact) mass is 279 g/mol. The molecule has 3 nitrogen and oxygen atoms in total. The van der Waals surface area contributed by atoms with Gasteiger partial charge in [0, 0.05) is 17.0 Å². The molecule has 2 fully saturated rings. The molecule has 0 saturated carbocycles. The van der Waals surface area contributed by atoms with Gasteiger partial charge in [0.05, 0.1) is 16.7 Å². The first kappa shape index (κ1) is 13.5. The summed E-state index contributed by atoms with van der Waals surface area (Å²) < 4.78 is 0. The van der Waals surface area contributed by atoms with Crippen molar-refractivity contribution in [2.45, 2.75) is 64.6 Å². The Hall–Kier alpha value is -0.450. The van der Waals surface area contributed by atoms with Crippen molar-refractivity contribution < 1.29 is 0 Å². The Labute approximate surface area is 120 Å². The summed E-state index contributed by atoms with van der Waals surface area (Å²) in [4.78, 5) is 8.87. The highest BCUT2D eigenvalue weighted by Crippen LogP contribution is 2.34. The molecule has 2 saturated heterocycles. The number of hydrogen-bond acceptors (Lipinski definition) is 4. The molecule has 0 aliphatic carbocycles. The Bertz CT molecular complexity index is 437. The summed E-state index contributed by atoms with van der Waals surface area (Å²) in [5, 5.41) is 4.90. The van der Waals surface area contributed by atoms with Crippen LogP contribution in [0.15, 0.2) is 0 Å². The first-order chi connectivity index (χ1) is 9.16. The molecule has 106 valence electrons. The summed E-state index contributed by atoms with van der Waals surface area (Å²) in [6, 6.07) is 1.91. The van der Waals surface area contributed by atoms with Gasteiger partial charge < -0.3 is 5.32 Å². The fourth-order valence-corrected chi connectivity index (χ4v) is 4.77. The van der Waals surface area contributed by atoms with Crippen LogP contribution in [0.2, 0.25) is 0 Å². The summed E-state index contributed by atoms with van der Waals surface area (Å²) in [5.74, 6) is 0. The molecule has 0 radical (unpaired) electrons. The van der Waals surface area contributed by atoms with Crippen LogP contribution in [0.4, 0.5) is 0 Å². The normalized spacial score (nSPS) is 30.1. The fourth-order valence-electron chi connectivity index (χ4n) is 3.86. The first-order valence-electron chi connectivity index (χ1n) is 7.60. The molecule has 3 heterocycles. The zero-order valence-corrected chi connectivity index (χ0v) is 13.1. The summed E-state index contributed by atoms with van der Waals surface area (Å²) in [6.45, 7) is 9.12. The molecule has 1 N–H and O–H groups in total. The molecule has 1 aromatic heterocycles. The standard InChI is InChI=1S/C15H25N3S/c1-10(15-11(2)19-12(3)17-15)18-9-5-7-14(18)13-6-4-8-16-13/h10,13-14,16H,4-9H2,1-3H3. The summed E-state index contributed by atoms with van der Waals surface area (Å²) in [6.07, 6.45) is 5.39. The number of aryl methyl sites for hydroxylation is 2. The Morgan fingerprint density at radius 3 is 2.79 bits per heavy atom. The highest BCUT2D eigenvalue weighted by atomic mass is 32.1. The van der Waals surface area contributed by atoms with Crippen LogP contribution >= 0.6 is 11.3 Å². The van der Waals surface area contributed by atoms with Gasteiger partial charge in [-0.15, -0.1) is 11.3 Å². The zero-order valence-electron chi connectivity index (χ0n) is 12.3. The van der Waals surface area contributed by atoms with E-state index in [0.717, 1.165) is 6.04 Å². The Morgan fingerprint density at radius 2 is 2.16 bits per heavy atom. The van der Waals surface area contributed by atoms with E-state index in [1.807, 2.05) is 11.3 Å². The smallest absolute Gasteiger partial charge is 0.0900 e. The lowest BCUT2D eigenvalue weighted by atomic mass is 10.0. The Kier molecular flexibility index (Phi) is 3.92. The molecule has 3 atom stereocenters. The van der Waals surface area contributed by atoms with Crippen LogP contribution < -0.4 is 5.32 Å². The van der Waals surface area contributed by atoms with Crippen LogP contribution in [0, 0.1) is 13.8 Å². The lowest BCUT2D eigenvalue weighted by Crippen LogP contribution is -2.45. The predicted molar refractivity (Wildman–Crippen MR) is 80.8 cm³/mol. The molecule has 0 aromatic carbocycles. The van der Waals surface area contributed by atoms with E-state index in [2.05, 4.69) is 31.0 Å². The second kappa shape index (κ2) is 5.51. The summed E-state index contributed by atoms with van der Waals surface area (Å²) in [5.41, 5.74) is 1.31. The molecule has 0 bridgehead atoms. The molecule has 2 aliphatic rings. The van der Waals surface area contributed by atoms with Crippen LogP contribution in [0.1, 0.15) is 54.2 Å². The third kappa shape index (κ3) is 2.58. The summed E-state index contributed by atoms with van der Waals surface area (Å²) in [7, 11) is 0. The Morgan fingerprint density at radius 1 is 1.32 bits per heavy atom. The van der Waals surface area contributed by atoms with Gasteiger partial charge >= 0.3 is 0 Å². The molecule has 0 amide bonds. The van der Waals surface area contributed by atoms with Crippen molar-refractivity contribution in [1.82, 2.24) is 15.2 Å². The van der Waals surface area contributed by atoms with Crippen LogP contribution in [0.5, 0.6) is 0 Å². The van der Waals surface area contributed by atoms with Crippen molar-refractivity contribution >= 4 is 11.3 Å². The van der Waals surface area contributed by atoms with Gasteiger partial charge in [0.15, 0.2) is 0 Å². The molecule has 19 heavy (non-hydrogen) atoms. The number of nitrogens with one attached hydrogen (secondary N) is 1. The number of rotatable bonds is 3. The number of nitrogens with zero attached hydrogens (tertiary/aromatic N) is 2. The van der Waals surface area contributed by atoms with Gasteiger partial charge in [-0.3, -0.25) is 4.90 Å². The van der Waals surface area contributed by atoms with E-state index < -0.39 is 0 Å². The maximum absolute atomic E-state index is 4.77. The number of hydrogen-bond donors (Lipinski definition) is 1. The maximum Gasteiger partial charge on any atom is 0.0900 e. The zero-order chi connectivity index (χ0) is 13.4. The molecule has 4 heteroatoms. The molecule has 1 aromatic rings. The first-order valence-corrected chi connectivity index (χ1v) is 8.41. The lowest BCUT2D eigenvalue weighted by molar-refractivity contribution is 0.160. The van der Waals surface area contributed by atoms with Gasteiger partial charge in [-0.25, -0.2) is 4.98 Å². The van der Waals surface area contributed by atoms with Crippen molar-refractivity contribution in [3.63, 3.8) is 0 Å². The minimum atomic E-state index is 0.472. The van der Waals surface area contributed by atoms with E-state index in [1.54, 1.807) is 0 Å². The number of likely N-dealkylation sites (tertiary alicyclic amines) is 1. The molecule has 3 rings (SSSR count). The molecule has 2 aliphatic heterocycles. The second-order valence-electron chi connectivity index (χ2n) is 6.00. The largest absolute Gasteiger partial charge is 0.312 e. The van der Waals surface area contributed by atoms with Crippen molar-refractivity contribution in [1.29, 1.82) is 0 Å². The van der Waals surface area contributed by atoms with Gasteiger partial charge in [0.25, 0.3) is 0 Å². The SMILES string of the molecule is Cc1nc(C(C)N2CCCC2C2CCCN2)c(C)s1. The van der Waals surface area contributed by atoms with E-state index >= 15 is 0 Å². The van der Waals surface area contributed by atoms with Crippen molar-refractivity contribution in [3.8, 4) is 0 Å². The summed E-state index contributed by atoms with van der Waals surface area (Å²) >= 11 is 1.84. The van der Waals surface area contributed by atoms with Gasteiger partial charge in [0.2, 0.25) is 0 Å². The molecular weight excluding hydrogens is 254 g/mol. The van der Waals surface area contributed by atoms with Crippen LogP contribution in [-0.2, 0) is 0 Å². The predicted octanol–water partition coefficient (Wildman–Crippen LogP) is 3.04. The quantitative estimate of drug-likeness (QED) is 0.922. The van der Waals surface area contributed by atoms with Gasteiger partial charge in [0.1, 0.15) is 0 Å². The maximum atomic E-state index is 4.77. The van der Waals surface area contributed by atoms with Crippen LogP contribution in [0.3, 0.4) is 0 Å². The van der Waals surface area contributed by atoms with Crippen molar-refractivity contribution in [3.05, 3.63) is 15.6 Å². The van der Waals surface area contributed by atoms with E-state index in [0.29, 0.717) is 12.1 Å². The van der Waals surface area contributed by atoms with E-state index in [9.17, 15) is 0 Å². The number of aromatic nitrogens is 1. The average Bonchev–Trinajstić information content (AvgIpc) is 3.06. The highest BCUT2D eigenvalue weighted by molar-refractivity contribution is 7.11. The van der Waals surface area contributed by atoms with E-state index in [-0.39, 0.29) is 0 Å². The Balaban J connectivity index is 1.78. The fraction of sp³-hybridized carbons (Fsp3) is 0.800. The van der Waals surface area contributed by atoms with E-state index in [4.69, 9.17) is 4.98 Å². The van der Waals surface area contributed by atoms with Gasteiger partial charge in [-0.2, -0.15) is 0 Å². The third-order valence-electron chi connectivity index (χ3n) is 4.74. The number of thiazole rings is 1. The van der Waals surface area contributed by atoms with Crippen LogP contribution in [0.25, 0.3) is 0 Å². The minimum absolute atomic E-state index is 0.472. The van der Waals surface area contributed by atoms with E-state index in [1.165, 1.54) is 54.4 Å². The molecular formula is C15H25N3S.